The lowest BCUT2D eigenvalue weighted by molar-refractivity contribution is -0.253. The van der Waals surface area contributed by atoms with E-state index in [1.807, 2.05) is 60.7 Å². The van der Waals surface area contributed by atoms with Gasteiger partial charge in [-0.3, -0.25) is 14.7 Å². The van der Waals surface area contributed by atoms with E-state index < -0.39 is 6.29 Å². The minimum absolute atomic E-state index is 0.0105. The van der Waals surface area contributed by atoms with E-state index >= 15 is 0 Å². The highest BCUT2D eigenvalue weighted by atomic mass is 16.7. The maximum atomic E-state index is 12.9. The number of likely N-dealkylation sites (tertiary alicyclic amines) is 2. The summed E-state index contributed by atoms with van der Waals surface area (Å²) in [6.07, 6.45) is 6.71. The smallest absolute Gasteiger partial charge is 0.275 e. The monoisotopic (exact) mass is 607 g/mol. The summed E-state index contributed by atoms with van der Waals surface area (Å²) in [6, 6.07) is 23.7. The fraction of sp³-hybridized carbons (Fsp3) is 0.417. The van der Waals surface area contributed by atoms with Crippen molar-refractivity contribution < 1.29 is 19.4 Å². The van der Waals surface area contributed by atoms with Crippen molar-refractivity contribution >= 4 is 22.6 Å². The van der Waals surface area contributed by atoms with Gasteiger partial charge >= 0.3 is 0 Å². The summed E-state index contributed by atoms with van der Waals surface area (Å²) in [4.78, 5) is 27.0. The maximum absolute atomic E-state index is 12.9. The van der Waals surface area contributed by atoms with Gasteiger partial charge in [0.25, 0.3) is 5.91 Å². The molecule has 4 atom stereocenters. The molecule has 0 spiro atoms. The number of ether oxygens (including phenoxy) is 2. The van der Waals surface area contributed by atoms with Gasteiger partial charge in [-0.1, -0.05) is 48.5 Å². The van der Waals surface area contributed by atoms with Crippen LogP contribution in [0.25, 0.3) is 11.0 Å². The van der Waals surface area contributed by atoms with E-state index in [0.29, 0.717) is 17.2 Å². The van der Waals surface area contributed by atoms with E-state index in [1.165, 1.54) is 45.0 Å². The van der Waals surface area contributed by atoms with Crippen LogP contribution in [-0.4, -0.2) is 75.7 Å². The van der Waals surface area contributed by atoms with Crippen LogP contribution in [0, 0.1) is 0 Å². The van der Waals surface area contributed by atoms with Crippen molar-refractivity contribution in [2.24, 2.45) is 0 Å². The molecule has 0 unspecified atom stereocenters. The molecule has 4 heterocycles. The number of para-hydroxylation sites is 2. The largest absolute Gasteiger partial charge is 0.392 e. The summed E-state index contributed by atoms with van der Waals surface area (Å²) in [5.74, 6) is -0.313. The van der Waals surface area contributed by atoms with E-state index in [1.54, 1.807) is 0 Å². The number of anilines is 1. The van der Waals surface area contributed by atoms with Gasteiger partial charge in [-0.25, -0.2) is 4.98 Å². The second kappa shape index (κ2) is 13.7. The van der Waals surface area contributed by atoms with Crippen molar-refractivity contribution in [3.05, 3.63) is 101 Å². The minimum Gasteiger partial charge on any atom is -0.392 e. The molecule has 3 aromatic carbocycles. The Kier molecular flexibility index (Phi) is 9.13. The molecule has 0 radical (unpaired) electrons. The van der Waals surface area contributed by atoms with Gasteiger partial charge in [0.15, 0.2) is 6.29 Å². The number of hydrogen-bond donors (Lipinski definition) is 2. The third kappa shape index (κ3) is 7.08. The van der Waals surface area contributed by atoms with Crippen LogP contribution in [0.3, 0.4) is 0 Å². The number of aromatic nitrogens is 2. The molecule has 3 aliphatic rings. The highest BCUT2D eigenvalue weighted by Gasteiger charge is 2.36. The molecule has 9 nitrogen and oxygen atoms in total. The maximum Gasteiger partial charge on any atom is 0.275 e. The molecule has 3 fully saturated rings. The standard InChI is InChI=1S/C36H41N5O4/c42-24-25-9-11-26(12-10-25)34-20-30(23-41-19-5-6-29(41)22-40-17-3-4-18-40)44-36(45-34)27-13-15-28(16-14-27)38-35(43)33-21-37-31-7-1-2-8-32(31)39-33/h1-2,7-16,21,29-30,34,36,42H,3-6,17-20,22-24H2,(H,38,43)/t29-,30-,34+,36+/m0/s1. The number of hydrogen-bond acceptors (Lipinski definition) is 8. The van der Waals surface area contributed by atoms with Crippen LogP contribution >= 0.6 is 0 Å². The second-order valence-corrected chi connectivity index (χ2v) is 12.5. The van der Waals surface area contributed by atoms with Crippen LogP contribution in [0.15, 0.2) is 79.0 Å². The van der Waals surface area contributed by atoms with Gasteiger partial charge in [-0.15, -0.1) is 0 Å². The summed E-state index contributed by atoms with van der Waals surface area (Å²) in [5, 5.41) is 12.5. The summed E-state index contributed by atoms with van der Waals surface area (Å²) < 4.78 is 13.2. The van der Waals surface area contributed by atoms with Crippen LogP contribution in [0.5, 0.6) is 0 Å². The molecule has 2 N–H and O–H groups in total. The van der Waals surface area contributed by atoms with E-state index in [9.17, 15) is 9.90 Å². The lowest BCUT2D eigenvalue weighted by Crippen LogP contribution is -2.45. The normalized spacial score (nSPS) is 24.3. The molecule has 0 saturated carbocycles. The second-order valence-electron chi connectivity index (χ2n) is 12.5. The molecular formula is C36H41N5O4. The topological polar surface area (TPSA) is 100 Å². The van der Waals surface area contributed by atoms with E-state index in [4.69, 9.17) is 9.47 Å². The van der Waals surface area contributed by atoms with Crippen molar-refractivity contribution in [3.8, 4) is 0 Å². The van der Waals surface area contributed by atoms with Crippen LogP contribution < -0.4 is 5.32 Å². The Balaban J connectivity index is 1.06. The number of aliphatic hydroxyl groups excluding tert-OH is 1. The first-order chi connectivity index (χ1) is 22.1. The first-order valence-corrected chi connectivity index (χ1v) is 16.2. The molecule has 9 heteroatoms. The lowest BCUT2D eigenvalue weighted by atomic mass is 9.99. The predicted molar refractivity (Wildman–Crippen MR) is 173 cm³/mol. The predicted octanol–water partition coefficient (Wildman–Crippen LogP) is 5.48. The zero-order chi connectivity index (χ0) is 30.6. The summed E-state index contributed by atoms with van der Waals surface area (Å²) >= 11 is 0. The number of aliphatic hydroxyl groups is 1. The molecule has 1 aromatic heterocycles. The Bertz CT molecular complexity index is 1590. The average Bonchev–Trinajstić information content (AvgIpc) is 3.77. The van der Waals surface area contributed by atoms with Gasteiger partial charge in [0.05, 0.1) is 36.0 Å². The zero-order valence-corrected chi connectivity index (χ0v) is 25.6. The number of rotatable bonds is 9. The van der Waals surface area contributed by atoms with Crippen molar-refractivity contribution in [1.29, 1.82) is 0 Å². The number of carbonyl (C=O) groups excluding carboxylic acids is 1. The Morgan fingerprint density at radius 3 is 2.40 bits per heavy atom. The third-order valence-corrected chi connectivity index (χ3v) is 9.34. The summed E-state index contributed by atoms with van der Waals surface area (Å²) in [5.41, 5.74) is 5.21. The Labute approximate surface area is 264 Å². The number of amides is 1. The molecule has 234 valence electrons. The van der Waals surface area contributed by atoms with Gasteiger partial charge < -0.3 is 24.8 Å². The van der Waals surface area contributed by atoms with Crippen LogP contribution in [0.4, 0.5) is 5.69 Å². The van der Waals surface area contributed by atoms with Gasteiger partial charge in [-0.2, -0.15) is 0 Å². The number of carbonyl (C=O) groups is 1. The molecule has 0 bridgehead atoms. The van der Waals surface area contributed by atoms with E-state index in [0.717, 1.165) is 48.3 Å². The lowest BCUT2D eigenvalue weighted by Gasteiger charge is -2.39. The molecule has 3 aliphatic heterocycles. The molecular weight excluding hydrogens is 566 g/mol. The quantitative estimate of drug-likeness (QED) is 0.258. The first-order valence-electron chi connectivity index (χ1n) is 16.2. The van der Waals surface area contributed by atoms with Crippen molar-refractivity contribution in [2.75, 3.05) is 38.0 Å². The van der Waals surface area contributed by atoms with Crippen molar-refractivity contribution in [1.82, 2.24) is 19.8 Å². The van der Waals surface area contributed by atoms with Gasteiger partial charge in [0, 0.05) is 36.8 Å². The fourth-order valence-electron chi connectivity index (χ4n) is 6.89. The number of benzene rings is 3. The molecule has 1 amide bonds. The number of fused-ring (bicyclic) bond motifs is 1. The summed E-state index contributed by atoms with van der Waals surface area (Å²) in [6.45, 7) is 5.59. The summed E-state index contributed by atoms with van der Waals surface area (Å²) in [7, 11) is 0. The molecule has 0 aliphatic carbocycles. The SMILES string of the molecule is O=C(Nc1ccc([C@@H]2O[C@H](CN3CCC[C@H]3CN3CCCC3)C[C@H](c3ccc(CO)cc3)O2)cc1)c1cnc2ccccc2n1. The van der Waals surface area contributed by atoms with E-state index in [2.05, 4.69) is 37.2 Å². The minimum atomic E-state index is -0.540. The van der Waals surface area contributed by atoms with Gasteiger partial charge in [0.1, 0.15) is 5.69 Å². The molecule has 3 saturated heterocycles. The molecule has 4 aromatic rings. The zero-order valence-electron chi connectivity index (χ0n) is 25.6. The van der Waals surface area contributed by atoms with Crippen molar-refractivity contribution in [3.63, 3.8) is 0 Å². The fourth-order valence-corrected chi connectivity index (χ4v) is 6.89. The van der Waals surface area contributed by atoms with Crippen molar-refractivity contribution in [2.45, 2.75) is 63.3 Å². The Hall–Kier alpha value is -3.73. The molecule has 45 heavy (non-hydrogen) atoms. The van der Waals surface area contributed by atoms with Crippen LogP contribution in [-0.2, 0) is 16.1 Å². The van der Waals surface area contributed by atoms with Crippen LogP contribution in [0.1, 0.15) is 71.7 Å². The molecule has 7 rings (SSSR count). The third-order valence-electron chi connectivity index (χ3n) is 9.34. The highest BCUT2D eigenvalue weighted by molar-refractivity contribution is 6.03. The van der Waals surface area contributed by atoms with Gasteiger partial charge in [-0.05, 0) is 80.7 Å². The number of nitrogens with zero attached hydrogens (tertiary/aromatic N) is 4. The average molecular weight is 608 g/mol. The van der Waals surface area contributed by atoms with E-state index in [-0.39, 0.29) is 30.4 Å². The highest BCUT2D eigenvalue weighted by Crippen LogP contribution is 2.39. The Morgan fingerprint density at radius 2 is 1.62 bits per heavy atom. The van der Waals surface area contributed by atoms with Gasteiger partial charge in [0.2, 0.25) is 0 Å². The Morgan fingerprint density at radius 1 is 0.867 bits per heavy atom. The van der Waals surface area contributed by atoms with Crippen LogP contribution in [0.2, 0.25) is 0 Å². The first kappa shape index (κ1) is 30.0. The number of nitrogens with one attached hydrogen (secondary N) is 1.